The fourth-order valence-corrected chi connectivity index (χ4v) is 1.91. The van der Waals surface area contributed by atoms with E-state index >= 15 is 0 Å². The first-order chi connectivity index (χ1) is 8.81. The summed E-state index contributed by atoms with van der Waals surface area (Å²) in [6.07, 6.45) is 18.3. The maximum absolute atomic E-state index is 11.5. The molecule has 18 heavy (non-hydrogen) atoms. The van der Waals surface area contributed by atoms with Crippen LogP contribution in [0.2, 0.25) is 0 Å². The molecule has 0 N–H and O–H groups in total. The lowest BCUT2D eigenvalue weighted by molar-refractivity contribution is -0.118. The molecule has 0 aromatic carbocycles. The van der Waals surface area contributed by atoms with Gasteiger partial charge < -0.3 is 0 Å². The van der Waals surface area contributed by atoms with Gasteiger partial charge in [-0.2, -0.15) is 0 Å². The zero-order chi connectivity index (χ0) is 13.5. The molecule has 0 amide bonds. The third kappa shape index (κ3) is 13.2. The minimum Gasteiger partial charge on any atom is -0.299 e. The first kappa shape index (κ1) is 17.2. The Morgan fingerprint density at radius 1 is 0.944 bits per heavy atom. The zero-order valence-electron chi connectivity index (χ0n) is 12.1. The van der Waals surface area contributed by atoms with E-state index in [4.69, 9.17) is 0 Å². The maximum atomic E-state index is 11.5. The maximum Gasteiger partial charge on any atom is 0.136 e. The molecule has 0 aromatic rings. The first-order valence-electron chi connectivity index (χ1n) is 7.58. The summed E-state index contributed by atoms with van der Waals surface area (Å²) in [6.45, 7) is 5.91. The molecule has 0 saturated carbocycles. The predicted octanol–water partition coefficient (Wildman–Crippen LogP) is 5.61. The van der Waals surface area contributed by atoms with Gasteiger partial charge in [-0.15, -0.1) is 6.58 Å². The molecule has 1 nitrogen and oxygen atoms in total. The summed E-state index contributed by atoms with van der Waals surface area (Å²) in [7, 11) is 0. The second-order valence-electron chi connectivity index (χ2n) is 4.95. The summed E-state index contributed by atoms with van der Waals surface area (Å²) in [5.74, 6) is 0.397. The lowest BCUT2D eigenvalue weighted by atomic mass is 10.1. The van der Waals surface area contributed by atoms with Crippen LogP contribution in [0.15, 0.2) is 24.8 Å². The van der Waals surface area contributed by atoms with Gasteiger partial charge in [0.2, 0.25) is 0 Å². The van der Waals surface area contributed by atoms with E-state index in [1.165, 1.54) is 38.5 Å². The van der Waals surface area contributed by atoms with E-state index in [0.29, 0.717) is 12.2 Å². The van der Waals surface area contributed by atoms with E-state index in [1.54, 1.807) is 0 Å². The van der Waals surface area contributed by atoms with Crippen molar-refractivity contribution in [3.63, 3.8) is 0 Å². The van der Waals surface area contributed by atoms with Gasteiger partial charge in [-0.05, 0) is 32.1 Å². The van der Waals surface area contributed by atoms with Crippen LogP contribution in [0.1, 0.15) is 77.6 Å². The van der Waals surface area contributed by atoms with Crippen molar-refractivity contribution in [1.82, 2.24) is 0 Å². The van der Waals surface area contributed by atoms with Crippen molar-refractivity contribution in [3.05, 3.63) is 24.8 Å². The second-order valence-corrected chi connectivity index (χ2v) is 4.95. The van der Waals surface area contributed by atoms with Crippen molar-refractivity contribution in [2.75, 3.05) is 0 Å². The zero-order valence-corrected chi connectivity index (χ0v) is 12.1. The number of Topliss-reactive ketones (excluding diaryl/α,β-unsaturated/α-hetero) is 1. The largest absolute Gasteiger partial charge is 0.299 e. The molecule has 0 aliphatic rings. The molecule has 0 saturated heterocycles. The number of carbonyl (C=O) groups is 1. The first-order valence-corrected chi connectivity index (χ1v) is 7.58. The highest BCUT2D eigenvalue weighted by Gasteiger charge is 1.98. The number of unbranched alkanes of at least 4 members (excludes halogenated alkanes) is 7. The quantitative estimate of drug-likeness (QED) is 0.307. The van der Waals surface area contributed by atoms with Crippen LogP contribution in [-0.4, -0.2) is 5.78 Å². The van der Waals surface area contributed by atoms with Gasteiger partial charge in [-0.25, -0.2) is 0 Å². The fourth-order valence-electron chi connectivity index (χ4n) is 1.91. The monoisotopic (exact) mass is 250 g/mol. The number of carbonyl (C=O) groups excluding carboxylic acids is 1. The van der Waals surface area contributed by atoms with Crippen LogP contribution >= 0.6 is 0 Å². The van der Waals surface area contributed by atoms with E-state index in [2.05, 4.69) is 25.7 Å². The topological polar surface area (TPSA) is 17.1 Å². The Morgan fingerprint density at radius 3 is 2.39 bits per heavy atom. The Morgan fingerprint density at radius 2 is 1.67 bits per heavy atom. The smallest absolute Gasteiger partial charge is 0.136 e. The van der Waals surface area contributed by atoms with Crippen LogP contribution in [0.4, 0.5) is 0 Å². The molecule has 0 heterocycles. The standard InChI is InChI=1S/C17H30O/c1-3-5-7-9-10-11-12-14-16-17(18)15-13-8-6-4-2/h3,12,14H,1,4-11,13,15-16H2,2H3. The van der Waals surface area contributed by atoms with Gasteiger partial charge in [-0.3, -0.25) is 4.79 Å². The van der Waals surface area contributed by atoms with Crippen molar-refractivity contribution < 1.29 is 4.79 Å². The Balaban J connectivity index is 3.29. The summed E-state index contributed by atoms with van der Waals surface area (Å²) in [4.78, 5) is 11.5. The average Bonchev–Trinajstić information content (AvgIpc) is 2.38. The summed E-state index contributed by atoms with van der Waals surface area (Å²) >= 11 is 0. The number of hydrogen-bond acceptors (Lipinski definition) is 1. The molecule has 0 bridgehead atoms. The summed E-state index contributed by atoms with van der Waals surface area (Å²) in [6, 6.07) is 0. The molecular formula is C17H30O. The molecule has 0 radical (unpaired) electrons. The number of rotatable bonds is 13. The number of hydrogen-bond donors (Lipinski definition) is 0. The Bertz CT molecular complexity index is 228. The lowest BCUT2D eigenvalue weighted by Gasteiger charge is -1.98. The minimum atomic E-state index is 0.397. The van der Waals surface area contributed by atoms with Gasteiger partial charge in [0.05, 0.1) is 0 Å². The summed E-state index contributed by atoms with van der Waals surface area (Å²) < 4.78 is 0. The molecule has 0 aliphatic carbocycles. The Labute approximate surface area is 113 Å². The number of allylic oxidation sites excluding steroid dienone is 3. The average molecular weight is 250 g/mol. The Kier molecular flexibility index (Phi) is 13.5. The molecule has 0 aliphatic heterocycles. The van der Waals surface area contributed by atoms with Crippen LogP contribution in [0.3, 0.4) is 0 Å². The van der Waals surface area contributed by atoms with E-state index < -0.39 is 0 Å². The van der Waals surface area contributed by atoms with Gasteiger partial charge in [-0.1, -0.05) is 50.8 Å². The van der Waals surface area contributed by atoms with Crippen LogP contribution in [0.5, 0.6) is 0 Å². The third-order valence-electron chi connectivity index (χ3n) is 3.10. The van der Waals surface area contributed by atoms with Gasteiger partial charge in [0.25, 0.3) is 0 Å². The van der Waals surface area contributed by atoms with E-state index in [9.17, 15) is 4.79 Å². The van der Waals surface area contributed by atoms with E-state index in [0.717, 1.165) is 25.7 Å². The van der Waals surface area contributed by atoms with Crippen LogP contribution in [0.25, 0.3) is 0 Å². The van der Waals surface area contributed by atoms with Crippen LogP contribution in [0, 0.1) is 0 Å². The molecule has 0 spiro atoms. The molecule has 1 heteroatoms. The van der Waals surface area contributed by atoms with Gasteiger partial charge >= 0.3 is 0 Å². The molecule has 0 aromatic heterocycles. The highest BCUT2D eigenvalue weighted by Crippen LogP contribution is 2.06. The van der Waals surface area contributed by atoms with Gasteiger partial charge in [0.1, 0.15) is 5.78 Å². The van der Waals surface area contributed by atoms with Crippen LogP contribution < -0.4 is 0 Å². The highest BCUT2D eigenvalue weighted by atomic mass is 16.1. The molecule has 0 unspecified atom stereocenters. The van der Waals surface area contributed by atoms with Gasteiger partial charge in [0, 0.05) is 12.8 Å². The third-order valence-corrected chi connectivity index (χ3v) is 3.10. The molecule has 104 valence electrons. The second kappa shape index (κ2) is 14.2. The van der Waals surface area contributed by atoms with E-state index in [-0.39, 0.29) is 0 Å². The van der Waals surface area contributed by atoms with Crippen molar-refractivity contribution in [2.45, 2.75) is 77.6 Å². The molecule has 0 fully saturated rings. The van der Waals surface area contributed by atoms with Crippen molar-refractivity contribution in [3.8, 4) is 0 Å². The van der Waals surface area contributed by atoms with Crippen molar-refractivity contribution in [1.29, 1.82) is 0 Å². The Hall–Kier alpha value is -0.850. The number of ketones is 1. The lowest BCUT2D eigenvalue weighted by Crippen LogP contribution is -1.95. The normalized spacial score (nSPS) is 10.9. The predicted molar refractivity (Wildman–Crippen MR) is 80.8 cm³/mol. The van der Waals surface area contributed by atoms with Gasteiger partial charge in [0.15, 0.2) is 0 Å². The van der Waals surface area contributed by atoms with Crippen LogP contribution in [-0.2, 0) is 4.79 Å². The molecule has 0 atom stereocenters. The van der Waals surface area contributed by atoms with Crippen molar-refractivity contribution in [2.24, 2.45) is 0 Å². The molecular weight excluding hydrogens is 220 g/mol. The summed E-state index contributed by atoms with van der Waals surface area (Å²) in [5, 5.41) is 0. The fraction of sp³-hybridized carbons (Fsp3) is 0.706. The SMILES string of the molecule is C=CCCCCCC=CCC(=O)CCCCCC. The minimum absolute atomic E-state index is 0.397. The molecule has 0 rings (SSSR count). The summed E-state index contributed by atoms with van der Waals surface area (Å²) in [5.41, 5.74) is 0. The van der Waals surface area contributed by atoms with Crippen molar-refractivity contribution >= 4 is 5.78 Å². The van der Waals surface area contributed by atoms with E-state index in [1.807, 2.05) is 6.08 Å². The highest BCUT2D eigenvalue weighted by molar-refractivity contribution is 5.79.